The molecule has 19 heavy (non-hydrogen) atoms. The first-order chi connectivity index (χ1) is 9.03. The molecule has 0 amide bonds. The van der Waals surface area contributed by atoms with Crippen LogP contribution in [0.3, 0.4) is 0 Å². The van der Waals surface area contributed by atoms with E-state index in [4.69, 9.17) is 5.84 Å². The highest BCUT2D eigenvalue weighted by atomic mass is 32.2. The lowest BCUT2D eigenvalue weighted by molar-refractivity contribution is 0.576. The predicted molar refractivity (Wildman–Crippen MR) is 64.9 cm³/mol. The molecule has 4 N–H and O–H groups in total. The Morgan fingerprint density at radius 1 is 1.37 bits per heavy atom. The molecule has 0 aliphatic heterocycles. The molecule has 11 heteroatoms. The minimum absolute atomic E-state index is 0.0235. The van der Waals surface area contributed by atoms with Crippen molar-refractivity contribution >= 4 is 16.0 Å². The van der Waals surface area contributed by atoms with Crippen LogP contribution in [0.1, 0.15) is 5.82 Å². The van der Waals surface area contributed by atoms with E-state index in [2.05, 4.69) is 30.3 Å². The van der Waals surface area contributed by atoms with Crippen LogP contribution in [-0.4, -0.2) is 33.2 Å². The molecule has 0 radical (unpaired) electrons. The summed E-state index contributed by atoms with van der Waals surface area (Å²) in [5.74, 6) is 5.71. The van der Waals surface area contributed by atoms with Gasteiger partial charge < -0.3 is 4.57 Å². The molecular weight excluding hydrogens is 272 g/mol. The molecule has 0 unspecified atom stereocenters. The summed E-state index contributed by atoms with van der Waals surface area (Å²) in [6, 6.07) is 0. The van der Waals surface area contributed by atoms with E-state index >= 15 is 0 Å². The van der Waals surface area contributed by atoms with Crippen LogP contribution in [0.5, 0.6) is 0 Å². The Labute approximate surface area is 109 Å². The van der Waals surface area contributed by atoms with Crippen molar-refractivity contribution in [2.45, 2.75) is 11.4 Å². The first-order valence-electron chi connectivity index (χ1n) is 5.14. The molecule has 0 atom stereocenters. The summed E-state index contributed by atoms with van der Waals surface area (Å²) in [6.45, 7) is 0.0235. The lowest BCUT2D eigenvalue weighted by Crippen LogP contribution is -2.25. The number of nitrogen functional groups attached to an aromatic ring is 1. The minimum Gasteiger partial charge on any atom is -0.320 e. The maximum absolute atomic E-state index is 11.9. The van der Waals surface area contributed by atoms with Gasteiger partial charge in [-0.2, -0.15) is 0 Å². The number of aryl methyl sites for hydroxylation is 1. The first-order valence-corrected chi connectivity index (χ1v) is 6.62. The third-order valence-corrected chi connectivity index (χ3v) is 3.65. The second-order valence-corrected chi connectivity index (χ2v) is 5.34. The van der Waals surface area contributed by atoms with Crippen molar-refractivity contribution in [3.63, 3.8) is 0 Å². The van der Waals surface area contributed by atoms with Crippen LogP contribution in [0.25, 0.3) is 0 Å². The van der Waals surface area contributed by atoms with Crippen LogP contribution >= 0.6 is 0 Å². The smallest absolute Gasteiger partial charge is 0.244 e. The summed E-state index contributed by atoms with van der Waals surface area (Å²) in [7, 11) is -1.99. The number of anilines is 1. The van der Waals surface area contributed by atoms with Gasteiger partial charge in [-0.25, -0.2) is 29.0 Å². The maximum Gasteiger partial charge on any atom is 0.244 e. The molecule has 0 aromatic carbocycles. The van der Waals surface area contributed by atoms with Crippen LogP contribution < -0.4 is 16.0 Å². The number of nitrogens with two attached hydrogens (primary N) is 1. The monoisotopic (exact) mass is 284 g/mol. The molecule has 2 aromatic rings. The number of nitrogens with one attached hydrogen (secondary N) is 2. The fourth-order valence-corrected chi connectivity index (χ4v) is 2.11. The van der Waals surface area contributed by atoms with Gasteiger partial charge in [-0.1, -0.05) is 0 Å². The van der Waals surface area contributed by atoms with Gasteiger partial charge in [0.15, 0.2) is 0 Å². The van der Waals surface area contributed by atoms with E-state index in [-0.39, 0.29) is 17.4 Å². The van der Waals surface area contributed by atoms with E-state index in [9.17, 15) is 8.42 Å². The maximum atomic E-state index is 11.9. The Bertz CT molecular complexity index is 650. The topological polar surface area (TPSA) is 141 Å². The molecule has 0 aliphatic rings. The van der Waals surface area contributed by atoms with Gasteiger partial charge >= 0.3 is 0 Å². The van der Waals surface area contributed by atoms with Crippen LogP contribution in [0.2, 0.25) is 0 Å². The number of hydrazine groups is 1. The van der Waals surface area contributed by atoms with E-state index in [1.807, 2.05) is 0 Å². The number of hydrogen-bond donors (Lipinski definition) is 3. The van der Waals surface area contributed by atoms with E-state index in [0.717, 1.165) is 12.4 Å². The highest BCUT2D eigenvalue weighted by molar-refractivity contribution is 7.89. The number of sulfonamides is 1. The van der Waals surface area contributed by atoms with Crippen LogP contribution in [0, 0.1) is 0 Å². The zero-order chi connectivity index (χ0) is 13.9. The van der Waals surface area contributed by atoms with Gasteiger partial charge in [0, 0.05) is 7.05 Å². The summed E-state index contributed by atoms with van der Waals surface area (Å²) in [5, 5.41) is 7.42. The first kappa shape index (κ1) is 13.3. The Morgan fingerprint density at radius 3 is 2.58 bits per heavy atom. The van der Waals surface area contributed by atoms with Gasteiger partial charge in [0.25, 0.3) is 0 Å². The molecule has 10 nitrogen and oxygen atoms in total. The number of rotatable bonds is 5. The van der Waals surface area contributed by atoms with E-state index in [1.54, 1.807) is 11.6 Å². The predicted octanol–water partition coefficient (Wildman–Crippen LogP) is -1.63. The molecular formula is C8H12N8O2S. The lowest BCUT2D eigenvalue weighted by atomic mass is 10.6. The molecule has 0 saturated carbocycles. The van der Waals surface area contributed by atoms with Crippen molar-refractivity contribution in [2.24, 2.45) is 12.9 Å². The lowest BCUT2D eigenvalue weighted by Gasteiger charge is -2.06. The van der Waals surface area contributed by atoms with Crippen molar-refractivity contribution in [1.82, 2.24) is 29.5 Å². The van der Waals surface area contributed by atoms with Gasteiger partial charge in [0.05, 0.1) is 18.9 Å². The zero-order valence-electron chi connectivity index (χ0n) is 9.98. The molecule has 102 valence electrons. The largest absolute Gasteiger partial charge is 0.320 e. The minimum atomic E-state index is -3.70. The third kappa shape index (κ3) is 3.01. The quantitative estimate of drug-likeness (QED) is 0.439. The van der Waals surface area contributed by atoms with E-state index < -0.39 is 10.0 Å². The molecule has 0 saturated heterocycles. The Kier molecular flexibility index (Phi) is 3.69. The van der Waals surface area contributed by atoms with E-state index in [0.29, 0.717) is 5.82 Å². The SMILES string of the molecule is Cn1cnnc1CNS(=O)(=O)c1cnc(NN)nc1. The fourth-order valence-electron chi connectivity index (χ4n) is 1.24. The van der Waals surface area contributed by atoms with Crippen molar-refractivity contribution in [1.29, 1.82) is 0 Å². The Balaban J connectivity index is 2.11. The molecule has 2 heterocycles. The summed E-state index contributed by atoms with van der Waals surface area (Å²) in [6.07, 6.45) is 3.79. The average molecular weight is 284 g/mol. The van der Waals surface area contributed by atoms with Gasteiger partial charge in [-0.3, -0.25) is 5.43 Å². The Morgan fingerprint density at radius 2 is 2.05 bits per heavy atom. The highest BCUT2D eigenvalue weighted by Crippen LogP contribution is 2.07. The van der Waals surface area contributed by atoms with Crippen molar-refractivity contribution in [3.05, 3.63) is 24.5 Å². The average Bonchev–Trinajstić information content (AvgIpc) is 2.82. The van der Waals surface area contributed by atoms with Gasteiger partial charge in [0.2, 0.25) is 16.0 Å². The fraction of sp³-hybridized carbons (Fsp3) is 0.250. The summed E-state index contributed by atoms with van der Waals surface area (Å²) >= 11 is 0. The van der Waals surface area contributed by atoms with E-state index in [1.165, 1.54) is 6.33 Å². The molecule has 2 aromatic heterocycles. The summed E-state index contributed by atoms with van der Waals surface area (Å²) in [5.41, 5.74) is 2.21. The number of nitrogens with zero attached hydrogens (tertiary/aromatic N) is 5. The zero-order valence-corrected chi connectivity index (χ0v) is 10.8. The molecule has 0 bridgehead atoms. The van der Waals surface area contributed by atoms with Crippen LogP contribution in [0.4, 0.5) is 5.95 Å². The standard InChI is InChI=1S/C8H12N8O2S/c1-16-5-12-15-7(16)4-13-19(17,18)6-2-10-8(14-9)11-3-6/h2-3,5,13H,4,9H2,1H3,(H,10,11,14). The molecule has 0 fully saturated rings. The van der Waals surface area contributed by atoms with Gasteiger partial charge in [0.1, 0.15) is 17.0 Å². The van der Waals surface area contributed by atoms with Crippen LogP contribution in [-0.2, 0) is 23.6 Å². The highest BCUT2D eigenvalue weighted by Gasteiger charge is 2.16. The van der Waals surface area contributed by atoms with Crippen molar-refractivity contribution in [2.75, 3.05) is 5.43 Å². The van der Waals surface area contributed by atoms with Crippen LogP contribution in [0.15, 0.2) is 23.6 Å². The second-order valence-electron chi connectivity index (χ2n) is 3.57. The number of hydrogen-bond acceptors (Lipinski definition) is 8. The second kappa shape index (κ2) is 5.26. The Hall–Kier alpha value is -2.11. The molecule has 0 spiro atoms. The molecule has 2 rings (SSSR count). The third-order valence-electron chi connectivity index (χ3n) is 2.29. The van der Waals surface area contributed by atoms with Gasteiger partial charge in [-0.15, -0.1) is 10.2 Å². The number of aromatic nitrogens is 5. The van der Waals surface area contributed by atoms with Crippen molar-refractivity contribution < 1.29 is 8.42 Å². The van der Waals surface area contributed by atoms with Crippen molar-refractivity contribution in [3.8, 4) is 0 Å². The summed E-state index contributed by atoms with van der Waals surface area (Å²) < 4.78 is 27.9. The summed E-state index contributed by atoms with van der Waals surface area (Å²) in [4.78, 5) is 7.39. The van der Waals surface area contributed by atoms with Gasteiger partial charge in [-0.05, 0) is 0 Å². The molecule has 0 aliphatic carbocycles. The normalized spacial score (nSPS) is 11.5.